The first-order valence-corrected chi connectivity index (χ1v) is 9.18. The van der Waals surface area contributed by atoms with Crippen LogP contribution in [0.15, 0.2) is 36.4 Å². The molecule has 2 aromatic rings. The van der Waals surface area contributed by atoms with Crippen molar-refractivity contribution in [3.8, 4) is 0 Å². The molecule has 0 aromatic heterocycles. The Morgan fingerprint density at radius 3 is 1.67 bits per heavy atom. The van der Waals surface area contributed by atoms with Gasteiger partial charge in [0.25, 0.3) is 0 Å². The molecule has 2 aromatic carbocycles. The van der Waals surface area contributed by atoms with Crippen molar-refractivity contribution in [3.05, 3.63) is 68.2 Å². The number of halogens is 3. The van der Waals surface area contributed by atoms with Crippen LogP contribution in [0.1, 0.15) is 58.2 Å². The molecule has 0 radical (unpaired) electrons. The van der Waals surface area contributed by atoms with Crippen molar-refractivity contribution in [2.75, 3.05) is 0 Å². The van der Waals surface area contributed by atoms with Crippen molar-refractivity contribution < 1.29 is 0 Å². The Kier molecular flexibility index (Phi) is 7.23. The van der Waals surface area contributed by atoms with Gasteiger partial charge < -0.3 is 0 Å². The molecule has 0 N–H and O–H groups in total. The third-order valence-electron chi connectivity index (χ3n) is 3.71. The van der Waals surface area contributed by atoms with Gasteiger partial charge in [-0.05, 0) is 52.6 Å². The zero-order valence-electron chi connectivity index (χ0n) is 15.6. The first kappa shape index (κ1) is 21.4. The summed E-state index contributed by atoms with van der Waals surface area (Å²) in [4.78, 5) is 0. The van der Waals surface area contributed by atoms with Gasteiger partial charge in [-0.25, -0.2) is 0 Å². The van der Waals surface area contributed by atoms with E-state index in [0.29, 0.717) is 5.02 Å². The predicted octanol–water partition coefficient (Wildman–Crippen LogP) is 8.24. The quantitative estimate of drug-likeness (QED) is 0.428. The maximum absolute atomic E-state index is 6.11. The van der Waals surface area contributed by atoms with E-state index in [9.17, 15) is 0 Å². The molecule has 0 spiro atoms. The van der Waals surface area contributed by atoms with Crippen molar-refractivity contribution in [2.45, 2.75) is 59.3 Å². The highest BCUT2D eigenvalue weighted by Gasteiger charge is 2.19. The fourth-order valence-corrected chi connectivity index (χ4v) is 3.88. The van der Waals surface area contributed by atoms with Gasteiger partial charge in [0.1, 0.15) is 0 Å². The second-order valence-electron chi connectivity index (χ2n) is 8.06. The highest BCUT2D eigenvalue weighted by molar-refractivity contribution is 6.35. The molecule has 132 valence electrons. The molecule has 0 aliphatic heterocycles. The van der Waals surface area contributed by atoms with Crippen LogP contribution in [0.5, 0.6) is 0 Å². The number of benzene rings is 2. The average molecular weight is 386 g/mol. The fourth-order valence-electron chi connectivity index (χ4n) is 2.68. The Hall–Kier alpha value is -0.690. The van der Waals surface area contributed by atoms with E-state index in [1.54, 1.807) is 6.07 Å². The lowest BCUT2D eigenvalue weighted by Crippen LogP contribution is -2.13. The minimum Gasteiger partial charge on any atom is -0.0843 e. The molecule has 0 aliphatic carbocycles. The van der Waals surface area contributed by atoms with E-state index in [1.165, 1.54) is 11.1 Å². The summed E-state index contributed by atoms with van der Waals surface area (Å²) in [7, 11) is 0. The second kappa shape index (κ2) is 8.13. The standard InChI is InChI=1S/C11H15Cl.C10H12Cl2/c1-8-6-5-7-9(12)10(8)11(2,3)4;1-10(2,3)8-5-4-7(11)6-9(8)12/h5-7H,1-4H3;4-6H,1-3H3. The minimum absolute atomic E-state index is 0.0850. The van der Waals surface area contributed by atoms with E-state index < -0.39 is 0 Å². The predicted molar refractivity (Wildman–Crippen MR) is 110 cm³/mol. The van der Waals surface area contributed by atoms with Gasteiger partial charge in [0, 0.05) is 15.1 Å². The van der Waals surface area contributed by atoms with Crippen LogP contribution in [-0.4, -0.2) is 0 Å². The first-order chi connectivity index (χ1) is 10.8. The van der Waals surface area contributed by atoms with Gasteiger partial charge in [0.2, 0.25) is 0 Å². The van der Waals surface area contributed by atoms with Crippen molar-refractivity contribution >= 4 is 34.8 Å². The Morgan fingerprint density at radius 1 is 0.708 bits per heavy atom. The second-order valence-corrected chi connectivity index (χ2v) is 9.31. The lowest BCUT2D eigenvalue weighted by Gasteiger charge is -2.22. The Morgan fingerprint density at radius 2 is 1.29 bits per heavy atom. The smallest absolute Gasteiger partial charge is 0.0458 e. The van der Waals surface area contributed by atoms with E-state index in [2.05, 4.69) is 54.5 Å². The highest BCUT2D eigenvalue weighted by atomic mass is 35.5. The summed E-state index contributed by atoms with van der Waals surface area (Å²) in [6.45, 7) is 15.0. The van der Waals surface area contributed by atoms with Crippen LogP contribution < -0.4 is 0 Å². The molecular weight excluding hydrogens is 359 g/mol. The van der Waals surface area contributed by atoms with Crippen molar-refractivity contribution in [1.29, 1.82) is 0 Å². The van der Waals surface area contributed by atoms with E-state index in [-0.39, 0.29) is 10.8 Å². The molecule has 0 saturated heterocycles. The minimum atomic E-state index is 0.0850. The maximum atomic E-state index is 6.11. The van der Waals surface area contributed by atoms with Crippen LogP contribution in [0.3, 0.4) is 0 Å². The molecule has 0 fully saturated rings. The van der Waals surface area contributed by atoms with Gasteiger partial charge in [-0.1, -0.05) is 94.5 Å². The van der Waals surface area contributed by atoms with Crippen LogP contribution in [0.25, 0.3) is 0 Å². The fraction of sp³-hybridized carbons (Fsp3) is 0.429. The lowest BCUT2D eigenvalue weighted by molar-refractivity contribution is 0.586. The highest BCUT2D eigenvalue weighted by Crippen LogP contribution is 2.32. The van der Waals surface area contributed by atoms with Gasteiger partial charge in [-0.3, -0.25) is 0 Å². The molecule has 0 bridgehead atoms. The molecule has 0 amide bonds. The largest absolute Gasteiger partial charge is 0.0843 e. The molecule has 0 heterocycles. The summed E-state index contributed by atoms with van der Waals surface area (Å²) in [5.74, 6) is 0. The van der Waals surface area contributed by atoms with Crippen LogP contribution in [0, 0.1) is 6.92 Å². The Bertz CT molecular complexity index is 669. The van der Waals surface area contributed by atoms with E-state index in [1.807, 2.05) is 24.3 Å². The van der Waals surface area contributed by atoms with Crippen molar-refractivity contribution in [1.82, 2.24) is 0 Å². The monoisotopic (exact) mass is 384 g/mol. The SMILES string of the molecule is CC(C)(C)c1ccc(Cl)cc1Cl.Cc1cccc(Cl)c1C(C)(C)C. The first-order valence-electron chi connectivity index (χ1n) is 8.05. The number of aryl methyl sites for hydroxylation is 1. The molecular formula is C21H27Cl3. The van der Waals surface area contributed by atoms with Crippen molar-refractivity contribution in [2.24, 2.45) is 0 Å². The van der Waals surface area contributed by atoms with Gasteiger partial charge in [-0.15, -0.1) is 0 Å². The number of hydrogen-bond acceptors (Lipinski definition) is 0. The van der Waals surface area contributed by atoms with Crippen LogP contribution in [0.2, 0.25) is 15.1 Å². The summed E-state index contributed by atoms with van der Waals surface area (Å²) >= 11 is 17.9. The van der Waals surface area contributed by atoms with E-state index >= 15 is 0 Å². The van der Waals surface area contributed by atoms with E-state index in [4.69, 9.17) is 34.8 Å². The summed E-state index contributed by atoms with van der Waals surface area (Å²) in [5.41, 5.74) is 3.89. The lowest BCUT2D eigenvalue weighted by atomic mass is 9.84. The topological polar surface area (TPSA) is 0 Å². The normalized spacial score (nSPS) is 11.8. The molecule has 3 heteroatoms. The van der Waals surface area contributed by atoms with Gasteiger partial charge in [-0.2, -0.15) is 0 Å². The van der Waals surface area contributed by atoms with E-state index in [0.717, 1.165) is 15.6 Å². The summed E-state index contributed by atoms with van der Waals surface area (Å²) < 4.78 is 0. The average Bonchev–Trinajstić information content (AvgIpc) is 2.35. The van der Waals surface area contributed by atoms with Crippen molar-refractivity contribution in [3.63, 3.8) is 0 Å². The third kappa shape index (κ3) is 5.99. The van der Waals surface area contributed by atoms with Gasteiger partial charge >= 0.3 is 0 Å². The number of rotatable bonds is 0. The number of hydrogen-bond donors (Lipinski definition) is 0. The van der Waals surface area contributed by atoms with Gasteiger partial charge in [0.05, 0.1) is 0 Å². The Labute approximate surface area is 162 Å². The molecule has 0 atom stereocenters. The molecule has 0 aliphatic rings. The molecule has 0 nitrogen and oxygen atoms in total. The molecule has 2 rings (SSSR count). The van der Waals surface area contributed by atoms with Gasteiger partial charge in [0.15, 0.2) is 0 Å². The zero-order valence-corrected chi connectivity index (χ0v) is 17.9. The maximum Gasteiger partial charge on any atom is 0.0458 e. The molecule has 0 unspecified atom stereocenters. The molecule has 0 saturated carbocycles. The van der Waals surface area contributed by atoms with Crippen LogP contribution in [0.4, 0.5) is 0 Å². The zero-order chi connectivity index (χ0) is 18.7. The summed E-state index contributed by atoms with van der Waals surface area (Å²) in [6.07, 6.45) is 0. The molecule has 24 heavy (non-hydrogen) atoms. The summed E-state index contributed by atoms with van der Waals surface area (Å²) in [5, 5.41) is 2.31. The third-order valence-corrected chi connectivity index (χ3v) is 4.57. The van der Waals surface area contributed by atoms with Crippen LogP contribution >= 0.6 is 34.8 Å². The summed E-state index contributed by atoms with van der Waals surface area (Å²) in [6, 6.07) is 11.7. The Balaban J connectivity index is 0.000000240. The van der Waals surface area contributed by atoms with Crippen LogP contribution in [-0.2, 0) is 10.8 Å².